The number of ether oxygens (including phenoxy) is 1. The van der Waals surface area contributed by atoms with Crippen LogP contribution in [0.1, 0.15) is 19.4 Å². The maximum Gasteiger partial charge on any atom is 0.256 e. The van der Waals surface area contributed by atoms with Crippen molar-refractivity contribution in [1.82, 2.24) is 0 Å². The zero-order valence-corrected chi connectivity index (χ0v) is 11.5. The lowest BCUT2D eigenvalue weighted by Gasteiger charge is -2.22. The molecule has 0 aliphatic rings. The first-order valence-electron chi connectivity index (χ1n) is 4.99. The number of carbonyl (C=O) groups is 1. The molecule has 0 spiro atoms. The average molecular weight is 286 g/mol. The molecule has 0 atom stereocenters. The fraction of sp³-hybridized carbons (Fsp3) is 0.417. The number of nitrogens with one attached hydrogen (secondary N) is 1. The molecule has 3 nitrogen and oxygen atoms in total. The minimum atomic E-state index is -0.830. The number of aryl methyl sites for hydroxylation is 1. The number of hydrogen-bond donors (Lipinski definition) is 1. The molecular weight excluding hydrogens is 270 g/mol. The monoisotopic (exact) mass is 285 g/mol. The smallest absolute Gasteiger partial charge is 0.256 e. The van der Waals surface area contributed by atoms with Gasteiger partial charge in [-0.05, 0) is 54.4 Å². The average Bonchev–Trinajstić information content (AvgIpc) is 2.23. The lowest BCUT2D eigenvalue weighted by atomic mass is 10.1. The molecule has 1 amide bonds. The predicted octanol–water partition coefficient (Wildman–Crippen LogP) is 3.12. The van der Waals surface area contributed by atoms with Crippen LogP contribution in [0.2, 0.25) is 0 Å². The molecule has 0 fully saturated rings. The number of amides is 1. The molecular formula is C12H16BrNO2. The number of benzene rings is 1. The summed E-state index contributed by atoms with van der Waals surface area (Å²) in [6, 6.07) is 5.79. The first-order valence-corrected chi connectivity index (χ1v) is 5.79. The highest BCUT2D eigenvalue weighted by Gasteiger charge is 2.27. The molecule has 88 valence electrons. The van der Waals surface area contributed by atoms with E-state index in [1.54, 1.807) is 13.8 Å². The quantitative estimate of drug-likeness (QED) is 0.927. The molecule has 0 aromatic heterocycles. The molecule has 1 aromatic carbocycles. The van der Waals surface area contributed by atoms with E-state index in [2.05, 4.69) is 21.2 Å². The Hall–Kier alpha value is -0.870. The second-order valence-corrected chi connectivity index (χ2v) is 5.01. The van der Waals surface area contributed by atoms with Gasteiger partial charge in [-0.25, -0.2) is 0 Å². The van der Waals surface area contributed by atoms with Gasteiger partial charge < -0.3 is 10.1 Å². The van der Waals surface area contributed by atoms with Crippen molar-refractivity contribution in [3.63, 3.8) is 0 Å². The third-order valence-electron chi connectivity index (χ3n) is 2.43. The second-order valence-electron chi connectivity index (χ2n) is 4.15. The third-order valence-corrected chi connectivity index (χ3v) is 3.12. The van der Waals surface area contributed by atoms with Gasteiger partial charge >= 0.3 is 0 Å². The number of anilines is 1. The Labute approximate surface area is 104 Å². The maximum atomic E-state index is 11.9. The second kappa shape index (κ2) is 4.97. The summed E-state index contributed by atoms with van der Waals surface area (Å²) in [4.78, 5) is 11.9. The van der Waals surface area contributed by atoms with E-state index >= 15 is 0 Å². The SMILES string of the molecule is COC(C)(C)C(=O)Nc1cc(C)ccc1Br. The highest BCUT2D eigenvalue weighted by Crippen LogP contribution is 2.24. The fourth-order valence-electron chi connectivity index (χ4n) is 1.10. The van der Waals surface area contributed by atoms with Crippen LogP contribution in [-0.4, -0.2) is 18.6 Å². The van der Waals surface area contributed by atoms with Crippen LogP contribution < -0.4 is 5.32 Å². The van der Waals surface area contributed by atoms with Crippen LogP contribution in [0.15, 0.2) is 22.7 Å². The standard InChI is InChI=1S/C12H16BrNO2/c1-8-5-6-9(13)10(7-8)14-11(15)12(2,3)16-4/h5-7H,1-4H3,(H,14,15). The first-order chi connectivity index (χ1) is 7.36. The summed E-state index contributed by atoms with van der Waals surface area (Å²) in [5, 5.41) is 2.83. The van der Waals surface area contributed by atoms with E-state index in [4.69, 9.17) is 4.74 Å². The van der Waals surface area contributed by atoms with Crippen LogP contribution in [0, 0.1) is 6.92 Å². The lowest BCUT2D eigenvalue weighted by molar-refractivity contribution is -0.133. The van der Waals surface area contributed by atoms with Crippen molar-refractivity contribution in [1.29, 1.82) is 0 Å². The van der Waals surface area contributed by atoms with Crippen molar-refractivity contribution in [2.45, 2.75) is 26.4 Å². The van der Waals surface area contributed by atoms with Gasteiger partial charge in [0.2, 0.25) is 0 Å². The van der Waals surface area contributed by atoms with Gasteiger partial charge in [0, 0.05) is 11.6 Å². The summed E-state index contributed by atoms with van der Waals surface area (Å²) in [5.41, 5.74) is 1.02. The molecule has 0 heterocycles. The maximum absolute atomic E-state index is 11.9. The number of halogens is 1. The summed E-state index contributed by atoms with van der Waals surface area (Å²) in [6.45, 7) is 5.43. The minimum absolute atomic E-state index is 0.165. The van der Waals surface area contributed by atoms with Gasteiger partial charge in [-0.3, -0.25) is 4.79 Å². The molecule has 1 N–H and O–H groups in total. The molecule has 1 aromatic rings. The van der Waals surface area contributed by atoms with E-state index in [9.17, 15) is 4.79 Å². The van der Waals surface area contributed by atoms with Crippen LogP contribution >= 0.6 is 15.9 Å². The summed E-state index contributed by atoms with van der Waals surface area (Å²) in [7, 11) is 1.52. The van der Waals surface area contributed by atoms with Crippen molar-refractivity contribution in [2.24, 2.45) is 0 Å². The molecule has 0 aliphatic carbocycles. The Morgan fingerprint density at radius 3 is 2.62 bits per heavy atom. The molecule has 1 rings (SSSR count). The first kappa shape index (κ1) is 13.2. The van der Waals surface area contributed by atoms with E-state index in [0.29, 0.717) is 0 Å². The van der Waals surface area contributed by atoms with Gasteiger partial charge in [0.25, 0.3) is 5.91 Å². The van der Waals surface area contributed by atoms with Crippen molar-refractivity contribution in [2.75, 3.05) is 12.4 Å². The Balaban J connectivity index is 2.89. The highest BCUT2D eigenvalue weighted by atomic mass is 79.9. The van der Waals surface area contributed by atoms with Gasteiger partial charge in [0.05, 0.1) is 5.69 Å². The molecule has 16 heavy (non-hydrogen) atoms. The Kier molecular flexibility index (Phi) is 4.10. The summed E-state index contributed by atoms with van der Waals surface area (Å²) < 4.78 is 5.97. The van der Waals surface area contributed by atoms with E-state index in [0.717, 1.165) is 15.7 Å². The van der Waals surface area contributed by atoms with Crippen LogP contribution in [0.25, 0.3) is 0 Å². The summed E-state index contributed by atoms with van der Waals surface area (Å²) in [6.07, 6.45) is 0. The van der Waals surface area contributed by atoms with Crippen LogP contribution in [-0.2, 0) is 9.53 Å². The molecule has 4 heteroatoms. The third kappa shape index (κ3) is 3.06. The van der Waals surface area contributed by atoms with E-state index in [-0.39, 0.29) is 5.91 Å². The van der Waals surface area contributed by atoms with Gasteiger partial charge in [-0.2, -0.15) is 0 Å². The lowest BCUT2D eigenvalue weighted by Crippen LogP contribution is -2.38. The van der Waals surface area contributed by atoms with Crippen LogP contribution in [0.4, 0.5) is 5.69 Å². The van der Waals surface area contributed by atoms with Gasteiger partial charge in [-0.15, -0.1) is 0 Å². The van der Waals surface area contributed by atoms with Crippen molar-refractivity contribution < 1.29 is 9.53 Å². The number of rotatable bonds is 3. The molecule has 0 aliphatic heterocycles. The molecule has 0 unspecified atom stereocenters. The summed E-state index contributed by atoms with van der Waals surface area (Å²) >= 11 is 3.39. The van der Waals surface area contributed by atoms with Crippen molar-refractivity contribution in [3.8, 4) is 0 Å². The largest absolute Gasteiger partial charge is 0.369 e. The normalized spacial score (nSPS) is 11.3. The molecule has 0 saturated heterocycles. The number of methoxy groups -OCH3 is 1. The molecule has 0 saturated carbocycles. The van der Waals surface area contributed by atoms with E-state index < -0.39 is 5.60 Å². The molecule has 0 radical (unpaired) electrons. The fourth-order valence-corrected chi connectivity index (χ4v) is 1.45. The number of carbonyl (C=O) groups excluding carboxylic acids is 1. The highest BCUT2D eigenvalue weighted by molar-refractivity contribution is 9.10. The Morgan fingerprint density at radius 2 is 2.06 bits per heavy atom. The van der Waals surface area contributed by atoms with Gasteiger partial charge in [0.1, 0.15) is 5.60 Å². The van der Waals surface area contributed by atoms with Crippen LogP contribution in [0.3, 0.4) is 0 Å². The van der Waals surface area contributed by atoms with Crippen LogP contribution in [0.5, 0.6) is 0 Å². The van der Waals surface area contributed by atoms with Crippen molar-refractivity contribution >= 4 is 27.5 Å². The van der Waals surface area contributed by atoms with Crippen molar-refractivity contribution in [3.05, 3.63) is 28.2 Å². The van der Waals surface area contributed by atoms with Gasteiger partial charge in [0.15, 0.2) is 0 Å². The zero-order chi connectivity index (χ0) is 12.3. The van der Waals surface area contributed by atoms with E-state index in [1.807, 2.05) is 25.1 Å². The minimum Gasteiger partial charge on any atom is -0.369 e. The van der Waals surface area contributed by atoms with Gasteiger partial charge in [-0.1, -0.05) is 6.07 Å². The Morgan fingerprint density at radius 1 is 1.44 bits per heavy atom. The molecule has 0 bridgehead atoms. The van der Waals surface area contributed by atoms with E-state index in [1.165, 1.54) is 7.11 Å². The number of hydrogen-bond acceptors (Lipinski definition) is 2. The summed E-state index contributed by atoms with van der Waals surface area (Å²) in [5.74, 6) is -0.165. The Bertz CT molecular complexity index is 402. The predicted molar refractivity (Wildman–Crippen MR) is 68.6 cm³/mol. The zero-order valence-electron chi connectivity index (χ0n) is 9.93. The topological polar surface area (TPSA) is 38.3 Å².